The van der Waals surface area contributed by atoms with Crippen LogP contribution in [0.3, 0.4) is 0 Å². The van der Waals surface area contributed by atoms with Crippen molar-refractivity contribution in [1.29, 1.82) is 0 Å². The molecule has 2 rings (SSSR count). The van der Waals surface area contributed by atoms with E-state index < -0.39 is 0 Å². The number of likely N-dealkylation sites (tertiary alicyclic amines) is 1. The molecular weight excluding hydrogens is 288 g/mol. The third-order valence-electron chi connectivity index (χ3n) is 3.83. The van der Waals surface area contributed by atoms with Gasteiger partial charge in [-0.3, -0.25) is 4.79 Å². The van der Waals surface area contributed by atoms with Gasteiger partial charge in [0.15, 0.2) is 0 Å². The predicted molar refractivity (Wildman–Crippen MR) is 86.9 cm³/mol. The van der Waals surface area contributed by atoms with Gasteiger partial charge in [-0.2, -0.15) is 0 Å². The average Bonchev–Trinajstić information content (AvgIpc) is 2.95. The van der Waals surface area contributed by atoms with E-state index in [-0.39, 0.29) is 18.3 Å². The molecule has 1 atom stereocenters. The standard InChI is InChI=1S/C16H24N2O2.ClH/c1-2-20-15-6-3-13(4-7-15)5-8-16(19)18-10-9-14(11-17)12-18;/h3-4,6-7,14H,2,5,8-12,17H2,1H3;1H. The second kappa shape index (κ2) is 8.90. The van der Waals surface area contributed by atoms with Crippen molar-refractivity contribution in [3.05, 3.63) is 29.8 Å². The van der Waals surface area contributed by atoms with E-state index in [2.05, 4.69) is 0 Å². The molecule has 0 aliphatic carbocycles. The Morgan fingerprint density at radius 1 is 1.38 bits per heavy atom. The highest BCUT2D eigenvalue weighted by Crippen LogP contribution is 2.17. The van der Waals surface area contributed by atoms with Crippen molar-refractivity contribution < 1.29 is 9.53 Å². The molecule has 1 unspecified atom stereocenters. The number of ether oxygens (including phenoxy) is 1. The predicted octanol–water partition coefficient (Wildman–Crippen LogP) is 2.25. The maximum atomic E-state index is 12.1. The minimum atomic E-state index is 0. The molecule has 1 aliphatic rings. The van der Waals surface area contributed by atoms with Gasteiger partial charge in [0, 0.05) is 19.5 Å². The zero-order chi connectivity index (χ0) is 14.4. The third-order valence-corrected chi connectivity index (χ3v) is 3.83. The van der Waals surface area contributed by atoms with Crippen molar-refractivity contribution in [1.82, 2.24) is 4.90 Å². The van der Waals surface area contributed by atoms with Crippen LogP contribution >= 0.6 is 12.4 Å². The van der Waals surface area contributed by atoms with Gasteiger partial charge < -0.3 is 15.4 Å². The van der Waals surface area contributed by atoms with E-state index in [9.17, 15) is 4.79 Å². The largest absolute Gasteiger partial charge is 0.494 e. The van der Waals surface area contributed by atoms with Crippen LogP contribution in [0, 0.1) is 5.92 Å². The van der Waals surface area contributed by atoms with Gasteiger partial charge >= 0.3 is 0 Å². The van der Waals surface area contributed by atoms with Crippen LogP contribution in [0.5, 0.6) is 5.75 Å². The minimum absolute atomic E-state index is 0. The molecule has 1 aromatic rings. The molecule has 1 aliphatic heterocycles. The first-order valence-corrected chi connectivity index (χ1v) is 7.42. The fourth-order valence-corrected chi connectivity index (χ4v) is 2.58. The van der Waals surface area contributed by atoms with Gasteiger partial charge in [0.05, 0.1) is 6.61 Å². The Labute approximate surface area is 133 Å². The van der Waals surface area contributed by atoms with Gasteiger partial charge in [-0.1, -0.05) is 12.1 Å². The Morgan fingerprint density at radius 3 is 2.67 bits per heavy atom. The van der Waals surface area contributed by atoms with Crippen molar-refractivity contribution in [2.75, 3.05) is 26.2 Å². The van der Waals surface area contributed by atoms with Crippen LogP contribution in [0.25, 0.3) is 0 Å². The summed E-state index contributed by atoms with van der Waals surface area (Å²) in [5.74, 6) is 1.62. The quantitative estimate of drug-likeness (QED) is 0.876. The number of nitrogens with two attached hydrogens (primary N) is 1. The number of hydrogen-bond donors (Lipinski definition) is 1. The maximum Gasteiger partial charge on any atom is 0.222 e. The van der Waals surface area contributed by atoms with E-state index in [0.717, 1.165) is 31.7 Å². The van der Waals surface area contributed by atoms with Crippen LogP contribution in [0.2, 0.25) is 0 Å². The van der Waals surface area contributed by atoms with Crippen LogP contribution in [-0.2, 0) is 11.2 Å². The van der Waals surface area contributed by atoms with E-state index in [1.54, 1.807) is 0 Å². The Balaban J connectivity index is 0.00000220. The Kier molecular flexibility index (Phi) is 7.54. The van der Waals surface area contributed by atoms with E-state index in [0.29, 0.717) is 25.5 Å². The highest BCUT2D eigenvalue weighted by Gasteiger charge is 2.24. The van der Waals surface area contributed by atoms with Crippen LogP contribution in [0.1, 0.15) is 25.3 Å². The molecule has 1 aromatic carbocycles. The molecule has 0 aromatic heterocycles. The summed E-state index contributed by atoms with van der Waals surface area (Å²) < 4.78 is 5.40. The van der Waals surface area contributed by atoms with Gasteiger partial charge in [-0.25, -0.2) is 0 Å². The topological polar surface area (TPSA) is 55.6 Å². The van der Waals surface area contributed by atoms with Crippen molar-refractivity contribution >= 4 is 18.3 Å². The summed E-state index contributed by atoms with van der Waals surface area (Å²) >= 11 is 0. The van der Waals surface area contributed by atoms with Gasteiger partial charge in [-0.05, 0) is 49.9 Å². The molecule has 0 radical (unpaired) electrons. The van der Waals surface area contributed by atoms with Crippen molar-refractivity contribution in [2.45, 2.75) is 26.2 Å². The maximum absolute atomic E-state index is 12.1. The summed E-state index contributed by atoms with van der Waals surface area (Å²) in [5.41, 5.74) is 6.83. The monoisotopic (exact) mass is 312 g/mol. The van der Waals surface area contributed by atoms with Crippen LogP contribution in [0.15, 0.2) is 24.3 Å². The molecule has 1 amide bonds. The summed E-state index contributed by atoms with van der Waals surface area (Å²) in [4.78, 5) is 14.1. The van der Waals surface area contributed by atoms with Gasteiger partial charge in [0.25, 0.3) is 0 Å². The molecule has 4 nitrogen and oxygen atoms in total. The molecule has 2 N–H and O–H groups in total. The summed E-state index contributed by atoms with van der Waals surface area (Å²) in [5, 5.41) is 0. The Bertz CT molecular complexity index is 436. The highest BCUT2D eigenvalue weighted by atomic mass is 35.5. The van der Waals surface area contributed by atoms with Gasteiger partial charge in [0.1, 0.15) is 5.75 Å². The minimum Gasteiger partial charge on any atom is -0.494 e. The third kappa shape index (κ3) is 5.21. The van der Waals surface area contributed by atoms with Crippen molar-refractivity contribution in [3.63, 3.8) is 0 Å². The van der Waals surface area contributed by atoms with E-state index in [4.69, 9.17) is 10.5 Å². The first kappa shape index (κ1) is 17.8. The lowest BCUT2D eigenvalue weighted by Crippen LogP contribution is -2.29. The van der Waals surface area contributed by atoms with Crippen LogP contribution in [0.4, 0.5) is 0 Å². The summed E-state index contributed by atoms with van der Waals surface area (Å²) in [6.07, 6.45) is 2.41. The normalized spacial score (nSPS) is 17.4. The number of hydrogen-bond acceptors (Lipinski definition) is 3. The molecule has 118 valence electrons. The zero-order valence-electron chi connectivity index (χ0n) is 12.6. The number of amides is 1. The molecule has 0 spiro atoms. The smallest absolute Gasteiger partial charge is 0.222 e. The first-order valence-electron chi connectivity index (χ1n) is 7.42. The summed E-state index contributed by atoms with van der Waals surface area (Å²) in [6, 6.07) is 7.99. The number of aryl methyl sites for hydroxylation is 1. The number of benzene rings is 1. The number of carbonyl (C=O) groups excluding carboxylic acids is 1. The Hall–Kier alpha value is -1.26. The lowest BCUT2D eigenvalue weighted by Gasteiger charge is -2.16. The lowest BCUT2D eigenvalue weighted by molar-refractivity contribution is -0.130. The second-order valence-corrected chi connectivity index (χ2v) is 5.31. The van der Waals surface area contributed by atoms with E-state index in [1.807, 2.05) is 36.1 Å². The molecule has 21 heavy (non-hydrogen) atoms. The number of halogens is 1. The van der Waals surface area contributed by atoms with Gasteiger partial charge in [-0.15, -0.1) is 12.4 Å². The summed E-state index contributed by atoms with van der Waals surface area (Å²) in [7, 11) is 0. The van der Waals surface area contributed by atoms with Crippen LogP contribution in [-0.4, -0.2) is 37.0 Å². The molecular formula is C16H25ClN2O2. The molecule has 1 saturated heterocycles. The van der Waals surface area contributed by atoms with Crippen molar-refractivity contribution in [2.24, 2.45) is 11.7 Å². The van der Waals surface area contributed by atoms with Gasteiger partial charge in [0.2, 0.25) is 5.91 Å². The second-order valence-electron chi connectivity index (χ2n) is 5.31. The summed E-state index contributed by atoms with van der Waals surface area (Å²) in [6.45, 7) is 5.03. The average molecular weight is 313 g/mol. The fraction of sp³-hybridized carbons (Fsp3) is 0.562. The molecule has 5 heteroatoms. The zero-order valence-corrected chi connectivity index (χ0v) is 13.4. The van der Waals surface area contributed by atoms with E-state index in [1.165, 1.54) is 5.56 Å². The van der Waals surface area contributed by atoms with E-state index >= 15 is 0 Å². The molecule has 1 fully saturated rings. The number of carbonyl (C=O) groups is 1. The number of rotatable bonds is 6. The Morgan fingerprint density at radius 2 is 2.10 bits per heavy atom. The molecule has 0 bridgehead atoms. The molecule has 1 heterocycles. The van der Waals surface area contributed by atoms with Crippen molar-refractivity contribution in [3.8, 4) is 5.75 Å². The fourth-order valence-electron chi connectivity index (χ4n) is 2.58. The highest BCUT2D eigenvalue weighted by molar-refractivity contribution is 5.85. The lowest BCUT2D eigenvalue weighted by atomic mass is 10.1. The molecule has 0 saturated carbocycles. The van der Waals surface area contributed by atoms with Crippen LogP contribution < -0.4 is 10.5 Å². The first-order chi connectivity index (χ1) is 9.72. The number of nitrogens with zero attached hydrogens (tertiary/aromatic N) is 1. The SMILES string of the molecule is CCOc1ccc(CCC(=O)N2CCC(CN)C2)cc1.Cl.